The number of rotatable bonds is 24. The fourth-order valence-corrected chi connectivity index (χ4v) is 4.28. The van der Waals surface area contributed by atoms with Crippen molar-refractivity contribution in [3.05, 3.63) is 0 Å². The summed E-state index contributed by atoms with van der Waals surface area (Å²) in [5.74, 6) is 0. The van der Waals surface area contributed by atoms with Crippen LogP contribution in [0.4, 0.5) is 0 Å². The average molecular weight is 413 g/mol. The molecule has 2 atom stereocenters. The van der Waals surface area contributed by atoms with Gasteiger partial charge < -0.3 is 10.2 Å². The van der Waals surface area contributed by atoms with Gasteiger partial charge in [0.2, 0.25) is 0 Å². The molecule has 0 saturated carbocycles. The van der Waals surface area contributed by atoms with Crippen LogP contribution in [-0.2, 0) is 0 Å². The molecule has 0 bridgehead atoms. The fraction of sp³-hybridized carbons (Fsp3) is 1.00. The molecule has 0 spiro atoms. The van der Waals surface area contributed by atoms with Crippen LogP contribution < -0.4 is 0 Å². The summed E-state index contributed by atoms with van der Waals surface area (Å²) in [7, 11) is 0. The maximum atomic E-state index is 10.1. The van der Waals surface area contributed by atoms with Crippen LogP contribution in [0.2, 0.25) is 0 Å². The van der Waals surface area contributed by atoms with E-state index in [1.54, 1.807) is 0 Å². The van der Waals surface area contributed by atoms with E-state index in [-0.39, 0.29) is 12.2 Å². The molecule has 0 aliphatic rings. The zero-order valence-electron chi connectivity index (χ0n) is 20.3. The molecular formula is C27H56O2. The van der Waals surface area contributed by atoms with Crippen molar-refractivity contribution in [2.45, 2.75) is 174 Å². The highest BCUT2D eigenvalue weighted by Gasteiger charge is 2.11. The maximum absolute atomic E-state index is 10.1. The molecule has 176 valence electrons. The summed E-state index contributed by atoms with van der Waals surface area (Å²) in [5.41, 5.74) is 0. The van der Waals surface area contributed by atoms with Gasteiger partial charge in [0.15, 0.2) is 0 Å². The Bertz CT molecular complexity index is 292. The van der Waals surface area contributed by atoms with E-state index in [9.17, 15) is 10.2 Å². The lowest BCUT2D eigenvalue weighted by molar-refractivity contribution is 0.0680. The Morgan fingerprint density at radius 1 is 0.379 bits per heavy atom. The van der Waals surface area contributed by atoms with Gasteiger partial charge in [-0.3, -0.25) is 0 Å². The highest BCUT2D eigenvalue weighted by molar-refractivity contribution is 4.64. The monoisotopic (exact) mass is 412 g/mol. The highest BCUT2D eigenvalue weighted by atomic mass is 16.3. The molecule has 2 N–H and O–H groups in total. The van der Waals surface area contributed by atoms with Gasteiger partial charge in [0.05, 0.1) is 12.2 Å². The molecule has 2 nitrogen and oxygen atoms in total. The second-order valence-corrected chi connectivity index (χ2v) is 9.48. The molecule has 0 radical (unpaired) electrons. The summed E-state index contributed by atoms with van der Waals surface area (Å²) in [6.07, 6.45) is 28.5. The van der Waals surface area contributed by atoms with Gasteiger partial charge in [-0.05, 0) is 19.3 Å². The lowest BCUT2D eigenvalue weighted by Gasteiger charge is -2.15. The third-order valence-electron chi connectivity index (χ3n) is 6.33. The first kappa shape index (κ1) is 28.9. The van der Waals surface area contributed by atoms with Crippen molar-refractivity contribution < 1.29 is 10.2 Å². The zero-order chi connectivity index (χ0) is 21.4. The van der Waals surface area contributed by atoms with Gasteiger partial charge in [0.1, 0.15) is 0 Å². The third-order valence-corrected chi connectivity index (χ3v) is 6.33. The summed E-state index contributed by atoms with van der Waals surface area (Å²) < 4.78 is 0. The van der Waals surface area contributed by atoms with Crippen LogP contribution in [-0.4, -0.2) is 22.4 Å². The minimum Gasteiger partial charge on any atom is -0.393 e. The summed E-state index contributed by atoms with van der Waals surface area (Å²) in [6.45, 7) is 4.51. The first-order valence-electron chi connectivity index (χ1n) is 13.6. The van der Waals surface area contributed by atoms with Crippen LogP contribution in [0.1, 0.15) is 162 Å². The molecule has 0 heterocycles. The second-order valence-electron chi connectivity index (χ2n) is 9.48. The van der Waals surface area contributed by atoms with E-state index in [1.807, 2.05) is 0 Å². The Morgan fingerprint density at radius 2 is 0.621 bits per heavy atom. The van der Waals surface area contributed by atoms with Crippen LogP contribution in [0.25, 0.3) is 0 Å². The van der Waals surface area contributed by atoms with Crippen LogP contribution >= 0.6 is 0 Å². The minimum absolute atomic E-state index is 0.303. The Kier molecular flexibility index (Phi) is 24.1. The van der Waals surface area contributed by atoms with Crippen LogP contribution in [0, 0.1) is 0 Å². The molecule has 0 rings (SSSR count). The van der Waals surface area contributed by atoms with Crippen LogP contribution in [0.15, 0.2) is 0 Å². The van der Waals surface area contributed by atoms with Crippen molar-refractivity contribution >= 4 is 0 Å². The van der Waals surface area contributed by atoms with E-state index < -0.39 is 0 Å². The SMILES string of the molecule is CCCCCCCCCCCCCCCCCC(O)CC(O)CCCCCCC. The summed E-state index contributed by atoms with van der Waals surface area (Å²) in [6, 6.07) is 0. The number of hydrogen-bond donors (Lipinski definition) is 2. The molecule has 0 aromatic heterocycles. The lowest BCUT2D eigenvalue weighted by Crippen LogP contribution is -2.17. The molecule has 29 heavy (non-hydrogen) atoms. The van der Waals surface area contributed by atoms with Crippen molar-refractivity contribution in [2.24, 2.45) is 0 Å². The number of unbranched alkanes of at least 4 members (excludes halogenated alkanes) is 18. The molecule has 2 heteroatoms. The molecule has 0 amide bonds. The molecule has 0 fully saturated rings. The fourth-order valence-electron chi connectivity index (χ4n) is 4.28. The maximum Gasteiger partial charge on any atom is 0.0564 e. The predicted molar refractivity (Wildman–Crippen MR) is 130 cm³/mol. The molecular weight excluding hydrogens is 356 g/mol. The molecule has 0 aliphatic heterocycles. The number of aliphatic hydroxyl groups excluding tert-OH is 2. The van der Waals surface area contributed by atoms with Gasteiger partial charge in [0, 0.05) is 0 Å². The van der Waals surface area contributed by atoms with Crippen molar-refractivity contribution in [3.63, 3.8) is 0 Å². The van der Waals surface area contributed by atoms with E-state index in [0.29, 0.717) is 6.42 Å². The van der Waals surface area contributed by atoms with Gasteiger partial charge >= 0.3 is 0 Å². The Labute approximate surface area is 184 Å². The zero-order valence-corrected chi connectivity index (χ0v) is 20.3. The van der Waals surface area contributed by atoms with E-state index in [2.05, 4.69) is 13.8 Å². The van der Waals surface area contributed by atoms with E-state index in [4.69, 9.17) is 0 Å². The highest BCUT2D eigenvalue weighted by Crippen LogP contribution is 2.16. The summed E-state index contributed by atoms with van der Waals surface area (Å²) in [4.78, 5) is 0. The van der Waals surface area contributed by atoms with Crippen molar-refractivity contribution in [1.29, 1.82) is 0 Å². The third kappa shape index (κ3) is 24.1. The molecule has 0 aromatic carbocycles. The first-order chi connectivity index (χ1) is 14.2. The normalized spacial score (nSPS) is 13.7. The number of aliphatic hydroxyl groups is 2. The topological polar surface area (TPSA) is 40.5 Å². The number of hydrogen-bond acceptors (Lipinski definition) is 2. The van der Waals surface area contributed by atoms with Crippen molar-refractivity contribution in [3.8, 4) is 0 Å². The molecule has 0 aromatic rings. The Morgan fingerprint density at radius 3 is 0.897 bits per heavy atom. The molecule has 2 unspecified atom stereocenters. The van der Waals surface area contributed by atoms with Gasteiger partial charge in [0.25, 0.3) is 0 Å². The Balaban J connectivity index is 3.23. The van der Waals surface area contributed by atoms with Gasteiger partial charge in [-0.25, -0.2) is 0 Å². The smallest absolute Gasteiger partial charge is 0.0564 e. The van der Waals surface area contributed by atoms with Gasteiger partial charge in [-0.15, -0.1) is 0 Å². The minimum atomic E-state index is -0.303. The quantitative estimate of drug-likeness (QED) is 0.156. The first-order valence-corrected chi connectivity index (χ1v) is 13.6. The Hall–Kier alpha value is -0.0800. The second kappa shape index (κ2) is 24.2. The van der Waals surface area contributed by atoms with E-state index in [1.165, 1.54) is 116 Å². The summed E-state index contributed by atoms with van der Waals surface area (Å²) in [5, 5.41) is 20.1. The summed E-state index contributed by atoms with van der Waals surface area (Å²) >= 11 is 0. The van der Waals surface area contributed by atoms with E-state index >= 15 is 0 Å². The van der Waals surface area contributed by atoms with Crippen molar-refractivity contribution in [2.75, 3.05) is 0 Å². The average Bonchev–Trinajstić information content (AvgIpc) is 2.70. The molecule has 0 saturated heterocycles. The van der Waals surface area contributed by atoms with Crippen LogP contribution in [0.5, 0.6) is 0 Å². The predicted octanol–water partition coefficient (Wildman–Crippen LogP) is 8.72. The van der Waals surface area contributed by atoms with Gasteiger partial charge in [-0.2, -0.15) is 0 Å². The van der Waals surface area contributed by atoms with Crippen LogP contribution in [0.3, 0.4) is 0 Å². The molecule has 0 aliphatic carbocycles. The standard InChI is InChI=1S/C27H56O2/c1-3-5-7-9-10-11-12-13-14-15-16-17-18-20-22-24-27(29)25-26(28)23-21-19-8-6-4-2/h26-29H,3-25H2,1-2H3. The largest absolute Gasteiger partial charge is 0.393 e. The van der Waals surface area contributed by atoms with Gasteiger partial charge in [-0.1, -0.05) is 142 Å². The van der Waals surface area contributed by atoms with Crippen molar-refractivity contribution in [1.82, 2.24) is 0 Å². The van der Waals surface area contributed by atoms with E-state index in [0.717, 1.165) is 25.7 Å². The lowest BCUT2D eigenvalue weighted by atomic mass is 10.00.